The Morgan fingerprint density at radius 3 is 2.12 bits per heavy atom. The van der Waals surface area contributed by atoms with Gasteiger partial charge in [0.05, 0.1) is 16.9 Å². The number of hydrogen-bond donors (Lipinski definition) is 0. The zero-order valence-corrected chi connectivity index (χ0v) is 31.9. The normalized spacial score (nSPS) is 11.1. The second kappa shape index (κ2) is 15.9. The summed E-state index contributed by atoms with van der Waals surface area (Å²) in [6.45, 7) is 9.13. The van der Waals surface area contributed by atoms with E-state index in [4.69, 9.17) is 4.98 Å². The number of pyridine rings is 1. The van der Waals surface area contributed by atoms with E-state index in [2.05, 4.69) is 140 Å². The van der Waals surface area contributed by atoms with Crippen molar-refractivity contribution in [3.8, 4) is 28.3 Å². The summed E-state index contributed by atoms with van der Waals surface area (Å²) in [5, 5.41) is 4.87. The summed E-state index contributed by atoms with van der Waals surface area (Å²) in [5.74, 6) is 1.76. The van der Waals surface area contributed by atoms with Gasteiger partial charge in [-0.05, 0) is 58.8 Å². The van der Waals surface area contributed by atoms with Gasteiger partial charge in [-0.1, -0.05) is 134 Å². The molecule has 0 saturated carbocycles. The monoisotopic (exact) mass is 846 g/mol. The van der Waals surface area contributed by atoms with E-state index in [0.717, 1.165) is 40.1 Å². The molecule has 3 aromatic heterocycles. The van der Waals surface area contributed by atoms with Crippen LogP contribution < -0.4 is 0 Å². The number of nitrogens with zero attached hydrogens (tertiary/aromatic N) is 3. The van der Waals surface area contributed by atoms with Gasteiger partial charge in [0, 0.05) is 32.0 Å². The topological polar surface area (TPSA) is 30.7 Å². The van der Waals surface area contributed by atoms with Gasteiger partial charge in [-0.15, -0.1) is 47.3 Å². The molecular weight excluding hydrogens is 807 g/mol. The molecule has 0 N–H and O–H groups in total. The van der Waals surface area contributed by atoms with Gasteiger partial charge in [-0.2, -0.15) is 0 Å². The Morgan fingerprint density at radius 1 is 0.700 bits per heavy atom. The maximum Gasteiger partial charge on any atom is 0.0774 e. The standard InChI is InChI=1S/C34H31N2S.C11H8N.Ir/c1-22(2)26-13-10-14-27(23(3)4)33(26)36-31-16-9-8-15-30(31)35-34(36)29-21-37-32-18-17-25(20-28(29)32)19-24-11-6-5-7-12-24;1-2-6-10(7-3-1)11-8-4-5-9-12-11;/h5-18,20,22-23H,19H2,1-4H3;1-6,8-9H;/q2*-1;. The van der Waals surface area contributed by atoms with Gasteiger partial charge in [0.15, 0.2) is 0 Å². The summed E-state index contributed by atoms with van der Waals surface area (Å²) in [4.78, 5) is 9.45. The summed E-state index contributed by atoms with van der Waals surface area (Å²) in [7, 11) is 0. The van der Waals surface area contributed by atoms with Crippen molar-refractivity contribution in [2.45, 2.75) is 46.0 Å². The molecule has 3 nitrogen and oxygen atoms in total. The van der Waals surface area contributed by atoms with Crippen molar-refractivity contribution in [2.24, 2.45) is 0 Å². The van der Waals surface area contributed by atoms with E-state index in [1.807, 2.05) is 42.5 Å². The maximum absolute atomic E-state index is 5.23. The fraction of sp³-hybridized carbons (Fsp3) is 0.156. The number of thiophene rings is 1. The molecule has 0 bridgehead atoms. The first-order valence-corrected chi connectivity index (χ1v) is 17.8. The van der Waals surface area contributed by atoms with Gasteiger partial charge in [0.25, 0.3) is 0 Å². The fourth-order valence-corrected chi connectivity index (χ4v) is 7.22. The van der Waals surface area contributed by atoms with Crippen LogP contribution in [0.2, 0.25) is 0 Å². The Morgan fingerprint density at radius 2 is 1.42 bits per heavy atom. The third kappa shape index (κ3) is 7.41. The molecule has 0 spiro atoms. The number of fused-ring (bicyclic) bond motifs is 2. The van der Waals surface area contributed by atoms with Crippen molar-refractivity contribution in [1.82, 2.24) is 14.5 Å². The van der Waals surface area contributed by atoms with E-state index < -0.39 is 0 Å². The van der Waals surface area contributed by atoms with Gasteiger partial charge >= 0.3 is 0 Å². The summed E-state index contributed by atoms with van der Waals surface area (Å²) < 4.78 is 3.65. The van der Waals surface area contributed by atoms with Crippen molar-refractivity contribution < 1.29 is 20.1 Å². The number of para-hydroxylation sites is 3. The van der Waals surface area contributed by atoms with Crippen LogP contribution in [0.4, 0.5) is 0 Å². The Hall–Kier alpha value is -4.67. The number of hydrogen-bond acceptors (Lipinski definition) is 3. The van der Waals surface area contributed by atoms with Crippen LogP contribution in [-0.4, -0.2) is 14.5 Å². The molecule has 251 valence electrons. The Kier molecular flexibility index (Phi) is 11.2. The minimum atomic E-state index is 0. The van der Waals surface area contributed by atoms with E-state index in [9.17, 15) is 0 Å². The SMILES string of the molecule is CC(C)c1cccc(C(C)C)c1-n1c(-c2[c-]sc3ccc(Cc4ccccc4)cc23)nc2ccccc21.[Ir].[c-]1ccccc1-c1ccccn1. The molecule has 0 unspecified atom stereocenters. The van der Waals surface area contributed by atoms with Crippen LogP contribution in [0.5, 0.6) is 0 Å². The Balaban J connectivity index is 0.000000281. The molecule has 0 saturated heterocycles. The minimum Gasteiger partial charge on any atom is -0.333 e. The molecule has 3 heterocycles. The van der Waals surface area contributed by atoms with Gasteiger partial charge in [0.2, 0.25) is 0 Å². The van der Waals surface area contributed by atoms with Crippen LogP contribution in [0.3, 0.4) is 0 Å². The molecule has 5 aromatic carbocycles. The molecule has 50 heavy (non-hydrogen) atoms. The quantitative estimate of drug-likeness (QED) is 0.150. The van der Waals surface area contributed by atoms with Gasteiger partial charge in [0.1, 0.15) is 0 Å². The summed E-state index contributed by atoms with van der Waals surface area (Å²) >= 11 is 1.68. The predicted octanol–water partition coefficient (Wildman–Crippen LogP) is 12.1. The molecule has 0 aliphatic rings. The first-order valence-electron chi connectivity index (χ1n) is 16.9. The zero-order valence-electron chi connectivity index (χ0n) is 28.7. The van der Waals surface area contributed by atoms with Crippen LogP contribution in [0.15, 0.2) is 140 Å². The molecule has 0 amide bonds. The van der Waals surface area contributed by atoms with E-state index in [1.54, 1.807) is 17.5 Å². The average molecular weight is 846 g/mol. The molecular formula is C45H39IrN3S-2. The first-order chi connectivity index (χ1) is 24.0. The molecule has 8 rings (SSSR count). The smallest absolute Gasteiger partial charge is 0.0774 e. The fourth-order valence-electron chi connectivity index (χ4n) is 6.39. The third-order valence-electron chi connectivity index (χ3n) is 8.83. The van der Waals surface area contributed by atoms with Crippen LogP contribution in [0.25, 0.3) is 49.5 Å². The molecule has 1 radical (unpaired) electrons. The molecule has 8 aromatic rings. The van der Waals surface area contributed by atoms with Crippen LogP contribution in [0, 0.1) is 11.4 Å². The van der Waals surface area contributed by atoms with Crippen LogP contribution in [0.1, 0.15) is 61.8 Å². The molecule has 0 fully saturated rings. The van der Waals surface area contributed by atoms with E-state index >= 15 is 0 Å². The Bertz CT molecular complexity index is 2240. The van der Waals surface area contributed by atoms with Gasteiger partial charge < -0.3 is 9.55 Å². The van der Waals surface area contributed by atoms with Gasteiger partial charge in [-0.25, -0.2) is 0 Å². The second-order valence-electron chi connectivity index (χ2n) is 12.9. The van der Waals surface area contributed by atoms with Crippen molar-refractivity contribution in [3.05, 3.63) is 173 Å². The average Bonchev–Trinajstić information content (AvgIpc) is 3.74. The molecule has 0 aliphatic heterocycles. The van der Waals surface area contributed by atoms with Gasteiger partial charge in [-0.3, -0.25) is 16.3 Å². The summed E-state index contributed by atoms with van der Waals surface area (Å²) in [6.07, 6.45) is 2.70. The van der Waals surface area contributed by atoms with E-state index in [0.29, 0.717) is 11.8 Å². The Labute approximate surface area is 313 Å². The number of rotatable bonds is 7. The third-order valence-corrected chi connectivity index (χ3v) is 9.71. The van der Waals surface area contributed by atoms with Crippen molar-refractivity contribution in [3.63, 3.8) is 0 Å². The predicted molar refractivity (Wildman–Crippen MR) is 207 cm³/mol. The van der Waals surface area contributed by atoms with Crippen LogP contribution >= 0.6 is 11.3 Å². The summed E-state index contributed by atoms with van der Waals surface area (Å²) in [5.41, 5.74) is 11.8. The second-order valence-corrected chi connectivity index (χ2v) is 13.8. The van der Waals surface area contributed by atoms with Crippen molar-refractivity contribution in [2.75, 3.05) is 0 Å². The maximum atomic E-state index is 5.23. The number of benzene rings is 5. The van der Waals surface area contributed by atoms with E-state index in [-0.39, 0.29) is 20.1 Å². The van der Waals surface area contributed by atoms with Crippen molar-refractivity contribution >= 4 is 32.5 Å². The first kappa shape index (κ1) is 35.2. The largest absolute Gasteiger partial charge is 0.333 e. The molecule has 0 aliphatic carbocycles. The zero-order chi connectivity index (χ0) is 33.7. The van der Waals surface area contributed by atoms with Crippen LogP contribution in [-0.2, 0) is 26.5 Å². The number of aromatic nitrogens is 3. The summed E-state index contributed by atoms with van der Waals surface area (Å²) in [6, 6.07) is 49.6. The van der Waals surface area contributed by atoms with E-state index in [1.165, 1.54) is 38.0 Å². The van der Waals surface area contributed by atoms with Crippen molar-refractivity contribution in [1.29, 1.82) is 0 Å². The molecule has 0 atom stereocenters. The molecule has 5 heteroatoms. The number of imidazole rings is 1. The minimum absolute atomic E-state index is 0.